The normalized spacial score (nSPS) is 16.5. The molecule has 1 aliphatic rings. The lowest BCUT2D eigenvalue weighted by Gasteiger charge is -2.23. The summed E-state index contributed by atoms with van der Waals surface area (Å²) in [6.45, 7) is 4.06. The predicted molar refractivity (Wildman–Crippen MR) is 155 cm³/mol. The van der Waals surface area contributed by atoms with Crippen LogP contribution in [-0.4, -0.2) is 38.3 Å². The summed E-state index contributed by atoms with van der Waals surface area (Å²) in [5.74, 6) is -1.04. The number of thiazole rings is 1. The zero-order valence-electron chi connectivity index (χ0n) is 22.6. The molecule has 4 heterocycles. The number of benzene rings is 2. The van der Waals surface area contributed by atoms with E-state index in [0.717, 1.165) is 11.1 Å². The van der Waals surface area contributed by atoms with Crippen molar-refractivity contribution >= 4 is 39.6 Å². The summed E-state index contributed by atoms with van der Waals surface area (Å²) in [5, 5.41) is 13.7. The number of hydrogen-bond donors (Lipinski definition) is 1. The lowest BCUT2D eigenvalue weighted by Crippen LogP contribution is -2.29. The molecule has 1 aliphatic heterocycles. The van der Waals surface area contributed by atoms with Crippen LogP contribution in [0, 0.1) is 13.8 Å². The fourth-order valence-electron chi connectivity index (χ4n) is 5.06. The Hall–Kier alpha value is -4.96. The van der Waals surface area contributed by atoms with Gasteiger partial charge >= 0.3 is 5.91 Å². The third-order valence-corrected chi connectivity index (χ3v) is 7.89. The number of hydrogen-bond acceptors (Lipinski definition) is 8. The van der Waals surface area contributed by atoms with Crippen LogP contribution in [0.1, 0.15) is 34.1 Å². The molecule has 0 saturated carbocycles. The van der Waals surface area contributed by atoms with E-state index < -0.39 is 17.7 Å². The van der Waals surface area contributed by atoms with E-state index >= 15 is 0 Å². The summed E-state index contributed by atoms with van der Waals surface area (Å²) in [4.78, 5) is 37.3. The first-order valence-corrected chi connectivity index (χ1v) is 13.8. The highest BCUT2D eigenvalue weighted by Crippen LogP contribution is 2.45. The number of carbonyl (C=O) groups excluding carboxylic acids is 2. The highest BCUT2D eigenvalue weighted by atomic mass is 32.1. The highest BCUT2D eigenvalue weighted by molar-refractivity contribution is 7.14. The standard InChI is InChI=1S/C31H26N4O5S/c1-18-8-7-14-34-19(2)25(33-29(18)34)27(36)24-26(35(30(38)28(24)37)31-32-13-15-41-31)21-11-12-22(23(16-21)39-3)40-17-20-9-5-4-6-10-20/h4-16,26,36H,17H2,1-3H3/b27-24+. The number of aliphatic hydroxyl groups is 1. The number of rotatable bonds is 7. The number of nitrogens with zero attached hydrogens (tertiary/aromatic N) is 4. The Bertz CT molecular complexity index is 1810. The van der Waals surface area contributed by atoms with Crippen molar-refractivity contribution in [1.29, 1.82) is 0 Å². The molecule has 0 spiro atoms. The fraction of sp³-hybridized carbons (Fsp3) is 0.161. The molecule has 0 aliphatic carbocycles. The average Bonchev–Trinajstić information content (AvgIpc) is 3.70. The van der Waals surface area contributed by atoms with E-state index in [0.29, 0.717) is 40.1 Å². The van der Waals surface area contributed by atoms with E-state index in [1.54, 1.807) is 29.8 Å². The van der Waals surface area contributed by atoms with Gasteiger partial charge in [-0.05, 0) is 48.7 Å². The largest absolute Gasteiger partial charge is 0.505 e. The molecule has 41 heavy (non-hydrogen) atoms. The van der Waals surface area contributed by atoms with Gasteiger partial charge in [-0.1, -0.05) is 42.5 Å². The van der Waals surface area contributed by atoms with E-state index in [4.69, 9.17) is 9.47 Å². The smallest absolute Gasteiger partial charge is 0.301 e. The molecule has 0 bridgehead atoms. The zero-order chi connectivity index (χ0) is 28.7. The summed E-state index contributed by atoms with van der Waals surface area (Å²) < 4.78 is 13.5. The lowest BCUT2D eigenvalue weighted by atomic mass is 9.96. The number of methoxy groups -OCH3 is 1. The Morgan fingerprint density at radius 1 is 1.05 bits per heavy atom. The van der Waals surface area contributed by atoms with E-state index in [1.165, 1.54) is 23.3 Å². The van der Waals surface area contributed by atoms with Crippen molar-refractivity contribution in [2.24, 2.45) is 0 Å². The molecule has 5 aromatic rings. The molecular formula is C31H26N4O5S. The molecule has 206 valence electrons. The number of fused-ring (bicyclic) bond motifs is 1. The van der Waals surface area contributed by atoms with Crippen molar-refractivity contribution in [2.75, 3.05) is 12.0 Å². The van der Waals surface area contributed by atoms with Crippen LogP contribution in [0.4, 0.5) is 5.13 Å². The number of aliphatic hydroxyl groups excluding tert-OH is 1. The molecule has 1 atom stereocenters. The Labute approximate surface area is 239 Å². The Kier molecular flexibility index (Phi) is 6.76. The van der Waals surface area contributed by atoms with Crippen LogP contribution < -0.4 is 14.4 Å². The third-order valence-electron chi connectivity index (χ3n) is 7.12. The van der Waals surface area contributed by atoms with Crippen molar-refractivity contribution < 1.29 is 24.2 Å². The minimum atomic E-state index is -0.969. The number of ketones is 1. The van der Waals surface area contributed by atoms with Crippen molar-refractivity contribution in [3.8, 4) is 11.5 Å². The van der Waals surface area contributed by atoms with Gasteiger partial charge in [0.25, 0.3) is 5.78 Å². The molecule has 6 rings (SSSR count). The number of amides is 1. The number of aromatic nitrogens is 3. The summed E-state index contributed by atoms with van der Waals surface area (Å²) in [6.07, 6.45) is 3.40. The maximum Gasteiger partial charge on any atom is 0.301 e. The van der Waals surface area contributed by atoms with Gasteiger partial charge in [0, 0.05) is 17.8 Å². The van der Waals surface area contributed by atoms with Crippen molar-refractivity contribution in [3.63, 3.8) is 0 Å². The van der Waals surface area contributed by atoms with Gasteiger partial charge in [-0.3, -0.25) is 14.5 Å². The maximum atomic E-state index is 13.6. The minimum Gasteiger partial charge on any atom is -0.505 e. The van der Waals surface area contributed by atoms with Crippen LogP contribution >= 0.6 is 11.3 Å². The monoisotopic (exact) mass is 566 g/mol. The fourth-order valence-corrected chi connectivity index (χ4v) is 5.73. The number of pyridine rings is 1. The van der Waals surface area contributed by atoms with E-state index in [-0.39, 0.29) is 17.0 Å². The van der Waals surface area contributed by atoms with Crippen LogP contribution in [0.15, 0.2) is 84.0 Å². The first kappa shape index (κ1) is 26.3. The van der Waals surface area contributed by atoms with Gasteiger partial charge in [-0.25, -0.2) is 9.97 Å². The van der Waals surface area contributed by atoms with Crippen molar-refractivity contribution in [2.45, 2.75) is 26.5 Å². The molecule has 3 aromatic heterocycles. The Morgan fingerprint density at radius 3 is 2.56 bits per heavy atom. The number of aryl methyl sites for hydroxylation is 2. The zero-order valence-corrected chi connectivity index (χ0v) is 23.4. The molecular weight excluding hydrogens is 540 g/mol. The topological polar surface area (TPSA) is 106 Å². The molecule has 9 nitrogen and oxygen atoms in total. The molecule has 1 fully saturated rings. The van der Waals surface area contributed by atoms with Gasteiger partial charge in [0.2, 0.25) is 0 Å². The lowest BCUT2D eigenvalue weighted by molar-refractivity contribution is -0.132. The van der Waals surface area contributed by atoms with Crippen LogP contribution in [0.25, 0.3) is 11.4 Å². The number of ether oxygens (including phenoxy) is 2. The minimum absolute atomic E-state index is 0.0747. The van der Waals surface area contributed by atoms with Crippen LogP contribution in [0.3, 0.4) is 0 Å². The second kappa shape index (κ2) is 10.5. The van der Waals surface area contributed by atoms with Crippen LogP contribution in [-0.2, 0) is 16.2 Å². The molecule has 1 saturated heterocycles. The maximum absolute atomic E-state index is 13.6. The number of imidazole rings is 1. The van der Waals surface area contributed by atoms with Gasteiger partial charge in [0.15, 0.2) is 22.4 Å². The summed E-state index contributed by atoms with van der Waals surface area (Å²) in [7, 11) is 1.52. The number of anilines is 1. The van der Waals surface area contributed by atoms with Crippen molar-refractivity contribution in [3.05, 3.63) is 112 Å². The van der Waals surface area contributed by atoms with Crippen LogP contribution in [0.5, 0.6) is 11.5 Å². The second-order valence-corrected chi connectivity index (χ2v) is 10.5. The van der Waals surface area contributed by atoms with E-state index in [1.807, 2.05) is 66.9 Å². The molecule has 10 heteroatoms. The van der Waals surface area contributed by atoms with E-state index in [2.05, 4.69) is 9.97 Å². The predicted octanol–water partition coefficient (Wildman–Crippen LogP) is 5.62. The molecule has 1 unspecified atom stereocenters. The summed E-state index contributed by atoms with van der Waals surface area (Å²) in [5.41, 5.74) is 3.90. The Morgan fingerprint density at radius 2 is 1.85 bits per heavy atom. The number of carbonyl (C=O) groups is 2. The quantitative estimate of drug-likeness (QED) is 0.155. The van der Waals surface area contributed by atoms with Gasteiger partial charge in [-0.15, -0.1) is 11.3 Å². The van der Waals surface area contributed by atoms with E-state index in [9.17, 15) is 14.7 Å². The molecule has 0 radical (unpaired) electrons. The third kappa shape index (κ3) is 4.52. The van der Waals surface area contributed by atoms with Gasteiger partial charge in [0.1, 0.15) is 17.9 Å². The highest BCUT2D eigenvalue weighted by Gasteiger charge is 2.48. The van der Waals surface area contributed by atoms with Gasteiger partial charge in [-0.2, -0.15) is 0 Å². The molecule has 1 N–H and O–H groups in total. The molecule has 2 aromatic carbocycles. The first-order chi connectivity index (χ1) is 19.9. The first-order valence-electron chi connectivity index (χ1n) is 12.9. The second-order valence-electron chi connectivity index (χ2n) is 9.60. The number of Topliss-reactive ketones (excluding diaryl/α,β-unsaturated/α-hetero) is 1. The summed E-state index contributed by atoms with van der Waals surface area (Å²) in [6, 6.07) is 17.8. The van der Waals surface area contributed by atoms with Gasteiger partial charge < -0.3 is 19.0 Å². The Balaban J connectivity index is 1.48. The van der Waals surface area contributed by atoms with Crippen LogP contribution in [0.2, 0.25) is 0 Å². The molecule has 1 amide bonds. The van der Waals surface area contributed by atoms with Gasteiger partial charge in [0.05, 0.1) is 24.4 Å². The average molecular weight is 567 g/mol. The SMILES string of the molecule is COc1cc(C2/C(=C(\O)c3nc4c(C)cccn4c3C)C(=O)C(=O)N2c2nccs2)ccc1OCc1ccccc1. The summed E-state index contributed by atoms with van der Waals surface area (Å²) >= 11 is 1.22. The van der Waals surface area contributed by atoms with Crippen molar-refractivity contribution in [1.82, 2.24) is 14.4 Å².